The molecule has 2 rings (SSSR count). The van der Waals surface area contributed by atoms with Gasteiger partial charge in [-0.05, 0) is 5.56 Å². The number of esters is 1. The van der Waals surface area contributed by atoms with Gasteiger partial charge < -0.3 is 34.5 Å². The summed E-state index contributed by atoms with van der Waals surface area (Å²) in [6.45, 7) is 4.28. The molecule has 1 aliphatic heterocycles. The Bertz CT molecular complexity index is 653. The van der Waals surface area contributed by atoms with Crippen molar-refractivity contribution in [2.24, 2.45) is 0 Å². The molecule has 154 valence electrons. The van der Waals surface area contributed by atoms with Gasteiger partial charge in [-0.1, -0.05) is 36.4 Å². The summed E-state index contributed by atoms with van der Waals surface area (Å²) in [5.41, 5.74) is 0.786. The third-order valence-electron chi connectivity index (χ3n) is 4.03. The van der Waals surface area contributed by atoms with Crippen LogP contribution in [0.15, 0.2) is 43.0 Å². The standard InChI is InChI=1S/C19H25NO8/c1-3-9-25-18-15(17(27-12(2)22)16(23)14(10-21)28-18)20-19(24)26-11-13-7-5-4-6-8-13/h3-8,14-18,21,23H,1,9-11H2,2H3,(H,20,24)/t14-,15-,16-,17-,18+/m1/s1. The fourth-order valence-corrected chi connectivity index (χ4v) is 2.76. The Morgan fingerprint density at radius 3 is 2.64 bits per heavy atom. The Morgan fingerprint density at radius 2 is 2.04 bits per heavy atom. The normalized spacial score (nSPS) is 26.9. The van der Waals surface area contributed by atoms with E-state index in [-0.39, 0.29) is 13.2 Å². The molecule has 0 spiro atoms. The van der Waals surface area contributed by atoms with Gasteiger partial charge in [-0.3, -0.25) is 4.79 Å². The molecule has 0 bridgehead atoms. The Balaban J connectivity index is 2.11. The van der Waals surface area contributed by atoms with Crippen molar-refractivity contribution in [1.29, 1.82) is 0 Å². The Labute approximate surface area is 162 Å². The van der Waals surface area contributed by atoms with Crippen molar-refractivity contribution in [3.63, 3.8) is 0 Å². The molecule has 1 fully saturated rings. The van der Waals surface area contributed by atoms with E-state index in [1.807, 2.05) is 18.2 Å². The van der Waals surface area contributed by atoms with Crippen LogP contribution in [0.1, 0.15) is 12.5 Å². The minimum Gasteiger partial charge on any atom is -0.457 e. The topological polar surface area (TPSA) is 124 Å². The van der Waals surface area contributed by atoms with Crippen LogP contribution in [-0.4, -0.2) is 66.1 Å². The van der Waals surface area contributed by atoms with Gasteiger partial charge in [0.1, 0.15) is 24.9 Å². The van der Waals surface area contributed by atoms with Gasteiger partial charge in [0.15, 0.2) is 12.4 Å². The SMILES string of the molecule is C=CCO[C@H]1O[C@H](CO)[C@@H](O)[C@H](OC(C)=O)[C@H]1NC(=O)OCc1ccccc1. The molecule has 1 aromatic carbocycles. The maximum Gasteiger partial charge on any atom is 0.407 e. The number of hydrogen-bond acceptors (Lipinski definition) is 8. The number of amides is 1. The van der Waals surface area contributed by atoms with Crippen LogP contribution in [0.3, 0.4) is 0 Å². The first-order chi connectivity index (χ1) is 13.5. The second-order valence-corrected chi connectivity index (χ2v) is 6.14. The largest absolute Gasteiger partial charge is 0.457 e. The molecule has 5 atom stereocenters. The summed E-state index contributed by atoms with van der Waals surface area (Å²) in [5.74, 6) is -0.672. The molecule has 0 aliphatic carbocycles. The zero-order chi connectivity index (χ0) is 20.5. The lowest BCUT2D eigenvalue weighted by Crippen LogP contribution is -2.65. The predicted octanol–water partition coefficient (Wildman–Crippen LogP) is 0.494. The molecule has 9 nitrogen and oxygen atoms in total. The van der Waals surface area contributed by atoms with E-state index < -0.39 is 49.3 Å². The van der Waals surface area contributed by atoms with Gasteiger partial charge in [0.25, 0.3) is 0 Å². The zero-order valence-electron chi connectivity index (χ0n) is 15.5. The van der Waals surface area contributed by atoms with E-state index in [4.69, 9.17) is 18.9 Å². The Morgan fingerprint density at radius 1 is 1.32 bits per heavy atom. The lowest BCUT2D eigenvalue weighted by Gasteiger charge is -2.43. The highest BCUT2D eigenvalue weighted by Gasteiger charge is 2.48. The number of hydrogen-bond donors (Lipinski definition) is 3. The van der Waals surface area contributed by atoms with E-state index in [1.165, 1.54) is 13.0 Å². The lowest BCUT2D eigenvalue weighted by atomic mass is 9.96. The van der Waals surface area contributed by atoms with Gasteiger partial charge in [0, 0.05) is 6.92 Å². The van der Waals surface area contributed by atoms with E-state index >= 15 is 0 Å². The maximum atomic E-state index is 12.3. The first kappa shape index (κ1) is 21.8. The molecule has 3 N–H and O–H groups in total. The average molecular weight is 395 g/mol. The van der Waals surface area contributed by atoms with Crippen LogP contribution in [-0.2, 0) is 30.3 Å². The minimum absolute atomic E-state index is 0.0263. The van der Waals surface area contributed by atoms with Crippen LogP contribution in [0, 0.1) is 0 Å². The summed E-state index contributed by atoms with van der Waals surface area (Å²) in [4.78, 5) is 23.7. The summed E-state index contributed by atoms with van der Waals surface area (Å²) >= 11 is 0. The Kier molecular flexibility index (Phi) is 8.40. The van der Waals surface area contributed by atoms with Crippen LogP contribution < -0.4 is 5.32 Å². The number of nitrogens with one attached hydrogen (secondary N) is 1. The number of alkyl carbamates (subject to hydrolysis) is 1. The second kappa shape index (κ2) is 10.8. The highest BCUT2D eigenvalue weighted by Crippen LogP contribution is 2.25. The molecule has 0 saturated carbocycles. The number of carbonyl (C=O) groups is 2. The fourth-order valence-electron chi connectivity index (χ4n) is 2.76. The number of rotatable bonds is 8. The average Bonchev–Trinajstić information content (AvgIpc) is 2.69. The van der Waals surface area contributed by atoms with Crippen LogP contribution in [0.4, 0.5) is 4.79 Å². The molecule has 1 aromatic rings. The van der Waals surface area contributed by atoms with Crippen molar-refractivity contribution in [3.05, 3.63) is 48.6 Å². The smallest absolute Gasteiger partial charge is 0.407 e. The fraction of sp³-hybridized carbons (Fsp3) is 0.474. The number of ether oxygens (including phenoxy) is 4. The highest BCUT2D eigenvalue weighted by molar-refractivity contribution is 5.68. The van der Waals surface area contributed by atoms with Crippen LogP contribution in [0.5, 0.6) is 0 Å². The molecule has 9 heteroatoms. The first-order valence-corrected chi connectivity index (χ1v) is 8.77. The van der Waals surface area contributed by atoms with Crippen molar-refractivity contribution in [1.82, 2.24) is 5.32 Å². The van der Waals surface area contributed by atoms with Gasteiger partial charge >= 0.3 is 12.1 Å². The summed E-state index contributed by atoms with van der Waals surface area (Å²) in [6, 6.07) is 7.99. The van der Waals surface area contributed by atoms with Crippen LogP contribution in [0.25, 0.3) is 0 Å². The van der Waals surface area contributed by atoms with Gasteiger partial charge in [-0.15, -0.1) is 6.58 Å². The molecular weight excluding hydrogens is 370 g/mol. The molecule has 1 heterocycles. The van der Waals surface area contributed by atoms with Crippen molar-refractivity contribution in [2.45, 2.75) is 44.2 Å². The monoisotopic (exact) mass is 395 g/mol. The predicted molar refractivity (Wildman–Crippen MR) is 97.0 cm³/mol. The number of benzene rings is 1. The molecule has 0 aromatic heterocycles. The molecule has 1 amide bonds. The summed E-state index contributed by atoms with van der Waals surface area (Å²) < 4.78 is 21.3. The van der Waals surface area contributed by atoms with Crippen molar-refractivity contribution < 1.29 is 38.7 Å². The molecule has 0 radical (unpaired) electrons. The van der Waals surface area contributed by atoms with E-state index in [9.17, 15) is 19.8 Å². The zero-order valence-corrected chi connectivity index (χ0v) is 15.5. The first-order valence-electron chi connectivity index (χ1n) is 8.77. The van der Waals surface area contributed by atoms with E-state index in [1.54, 1.807) is 12.1 Å². The number of carbonyl (C=O) groups excluding carboxylic acids is 2. The molecule has 1 saturated heterocycles. The number of aliphatic hydroxyl groups excluding tert-OH is 2. The van der Waals surface area contributed by atoms with Crippen molar-refractivity contribution in [3.8, 4) is 0 Å². The highest BCUT2D eigenvalue weighted by atomic mass is 16.7. The molecular formula is C19H25NO8. The van der Waals surface area contributed by atoms with Gasteiger partial charge in [0.05, 0.1) is 13.2 Å². The third kappa shape index (κ3) is 6.03. The second-order valence-electron chi connectivity index (χ2n) is 6.14. The Hall–Kier alpha value is -2.46. The van der Waals surface area contributed by atoms with Crippen molar-refractivity contribution >= 4 is 12.1 Å². The van der Waals surface area contributed by atoms with E-state index in [0.717, 1.165) is 5.56 Å². The van der Waals surface area contributed by atoms with E-state index in [0.29, 0.717) is 0 Å². The van der Waals surface area contributed by atoms with Gasteiger partial charge in [-0.25, -0.2) is 4.79 Å². The summed E-state index contributed by atoms with van der Waals surface area (Å²) in [6.07, 6.45) is -4.09. The minimum atomic E-state index is -1.38. The molecule has 28 heavy (non-hydrogen) atoms. The maximum absolute atomic E-state index is 12.3. The van der Waals surface area contributed by atoms with E-state index in [2.05, 4.69) is 11.9 Å². The molecule has 0 unspecified atom stereocenters. The number of aliphatic hydroxyl groups is 2. The quantitative estimate of drug-likeness (QED) is 0.429. The third-order valence-corrected chi connectivity index (χ3v) is 4.03. The lowest BCUT2D eigenvalue weighted by molar-refractivity contribution is -0.270. The summed E-state index contributed by atoms with van der Waals surface area (Å²) in [5, 5.41) is 22.3. The molecule has 1 aliphatic rings. The summed E-state index contributed by atoms with van der Waals surface area (Å²) in [7, 11) is 0. The van der Waals surface area contributed by atoms with Crippen molar-refractivity contribution in [2.75, 3.05) is 13.2 Å². The van der Waals surface area contributed by atoms with Gasteiger partial charge in [-0.2, -0.15) is 0 Å². The van der Waals surface area contributed by atoms with Gasteiger partial charge in [0.2, 0.25) is 0 Å². The van der Waals surface area contributed by atoms with Crippen LogP contribution in [0.2, 0.25) is 0 Å². The van der Waals surface area contributed by atoms with Crippen LogP contribution >= 0.6 is 0 Å².